The average molecular weight is 150 g/mol. The molecule has 1 nitrogen and oxygen atoms in total. The van der Waals surface area contributed by atoms with E-state index in [0.29, 0.717) is 12.0 Å². The number of nitrogens with zero attached hydrogens (tertiary/aromatic N) is 1. The quantitative estimate of drug-likeness (QED) is 0.435. The third kappa shape index (κ3) is 1.87. The van der Waals surface area contributed by atoms with Gasteiger partial charge in [-0.3, -0.25) is 0 Å². The lowest BCUT2D eigenvalue weighted by atomic mass is 9.72. The van der Waals surface area contributed by atoms with Crippen LogP contribution in [-0.4, -0.2) is 31.2 Å². The number of hydrogen-bond donors (Lipinski definition) is 0. The average Bonchev–Trinajstić information content (AvgIpc) is 2.80. The van der Waals surface area contributed by atoms with Gasteiger partial charge in [0.15, 0.2) is 0 Å². The molecule has 61 valence electrons. The van der Waals surface area contributed by atoms with E-state index in [1.807, 2.05) is 0 Å². The Labute approximate surface area is 70.7 Å². The fourth-order valence-electron chi connectivity index (χ4n) is 1.35. The highest BCUT2D eigenvalue weighted by Crippen LogP contribution is 2.29. The maximum absolute atomic E-state index is 2.40. The SMILES string of the molecule is C[B]C(C)N(C)C1C=C1CC. The Morgan fingerprint density at radius 3 is 2.73 bits per heavy atom. The van der Waals surface area contributed by atoms with E-state index in [4.69, 9.17) is 0 Å². The van der Waals surface area contributed by atoms with Crippen LogP contribution in [0.1, 0.15) is 20.3 Å². The van der Waals surface area contributed by atoms with Crippen molar-refractivity contribution in [1.82, 2.24) is 4.90 Å². The van der Waals surface area contributed by atoms with Crippen molar-refractivity contribution in [2.45, 2.75) is 39.1 Å². The van der Waals surface area contributed by atoms with E-state index < -0.39 is 0 Å². The number of rotatable bonds is 4. The van der Waals surface area contributed by atoms with E-state index in [9.17, 15) is 0 Å². The molecule has 2 unspecified atom stereocenters. The molecule has 0 amide bonds. The summed E-state index contributed by atoms with van der Waals surface area (Å²) in [6.45, 7) is 6.58. The third-order valence-electron chi connectivity index (χ3n) is 2.61. The van der Waals surface area contributed by atoms with E-state index in [0.717, 1.165) is 0 Å². The molecule has 0 heterocycles. The van der Waals surface area contributed by atoms with Crippen molar-refractivity contribution in [3.05, 3.63) is 11.6 Å². The maximum atomic E-state index is 2.40. The van der Waals surface area contributed by atoms with Gasteiger partial charge in [-0.15, -0.1) is 0 Å². The summed E-state index contributed by atoms with van der Waals surface area (Å²) in [5.41, 5.74) is 1.60. The van der Waals surface area contributed by atoms with E-state index in [1.54, 1.807) is 5.57 Å². The second kappa shape index (κ2) is 3.44. The van der Waals surface area contributed by atoms with Gasteiger partial charge in [-0.2, -0.15) is 0 Å². The summed E-state index contributed by atoms with van der Waals surface area (Å²) in [4.78, 5) is 2.40. The van der Waals surface area contributed by atoms with E-state index in [-0.39, 0.29) is 0 Å². The van der Waals surface area contributed by atoms with E-state index in [1.165, 1.54) is 6.42 Å². The molecular weight excluding hydrogens is 133 g/mol. The van der Waals surface area contributed by atoms with Crippen molar-refractivity contribution in [3.8, 4) is 0 Å². The Balaban J connectivity index is 2.29. The van der Waals surface area contributed by atoms with Crippen LogP contribution >= 0.6 is 0 Å². The van der Waals surface area contributed by atoms with Gasteiger partial charge in [0.25, 0.3) is 0 Å². The fourth-order valence-corrected chi connectivity index (χ4v) is 1.35. The van der Waals surface area contributed by atoms with Gasteiger partial charge in [0.05, 0.1) is 0 Å². The molecule has 0 bridgehead atoms. The summed E-state index contributed by atoms with van der Waals surface area (Å²) in [6, 6.07) is 0.672. The van der Waals surface area contributed by atoms with Crippen LogP contribution in [0.4, 0.5) is 0 Å². The monoisotopic (exact) mass is 150 g/mol. The van der Waals surface area contributed by atoms with Gasteiger partial charge in [-0.05, 0) is 19.4 Å². The summed E-state index contributed by atoms with van der Waals surface area (Å²) < 4.78 is 0. The van der Waals surface area contributed by atoms with Crippen LogP contribution in [0.15, 0.2) is 11.6 Å². The molecule has 11 heavy (non-hydrogen) atoms. The molecule has 1 aliphatic carbocycles. The molecule has 0 spiro atoms. The largest absolute Gasteiger partial charge is 0.302 e. The molecule has 2 heteroatoms. The van der Waals surface area contributed by atoms with Crippen LogP contribution in [0.2, 0.25) is 6.82 Å². The molecule has 0 fully saturated rings. The first-order chi connectivity index (χ1) is 5.20. The standard InChI is InChI=1S/C9H17BN/c1-5-8-6-9(8)11(4)7(2)10-3/h6-7,9H,5H2,1-4H3. The normalized spacial score (nSPS) is 24.8. The third-order valence-corrected chi connectivity index (χ3v) is 2.61. The van der Waals surface area contributed by atoms with Crippen LogP contribution in [0.25, 0.3) is 0 Å². The molecule has 0 aromatic heterocycles. The van der Waals surface area contributed by atoms with Gasteiger partial charge < -0.3 is 4.90 Å². The Bertz CT molecular complexity index is 165. The molecule has 1 radical (unpaired) electrons. The van der Waals surface area contributed by atoms with Crippen LogP contribution in [0, 0.1) is 0 Å². The predicted molar refractivity (Wildman–Crippen MR) is 51.0 cm³/mol. The minimum Gasteiger partial charge on any atom is -0.302 e. The molecule has 2 atom stereocenters. The first kappa shape index (κ1) is 8.86. The first-order valence-corrected chi connectivity index (χ1v) is 4.42. The summed E-state index contributed by atoms with van der Waals surface area (Å²) in [5.74, 6) is 0.597. The van der Waals surface area contributed by atoms with E-state index in [2.05, 4.69) is 46.0 Å². The zero-order valence-corrected chi connectivity index (χ0v) is 7.96. The second-order valence-corrected chi connectivity index (χ2v) is 3.28. The molecule has 0 N–H and O–H groups in total. The van der Waals surface area contributed by atoms with Crippen molar-refractivity contribution in [2.75, 3.05) is 7.05 Å². The van der Waals surface area contributed by atoms with Gasteiger partial charge in [-0.25, -0.2) is 0 Å². The summed E-state index contributed by atoms with van der Waals surface area (Å²) in [6.07, 6.45) is 3.56. The van der Waals surface area contributed by atoms with Crippen LogP contribution < -0.4 is 0 Å². The second-order valence-electron chi connectivity index (χ2n) is 3.28. The topological polar surface area (TPSA) is 3.24 Å². The van der Waals surface area contributed by atoms with Crippen molar-refractivity contribution in [3.63, 3.8) is 0 Å². The van der Waals surface area contributed by atoms with Gasteiger partial charge in [0, 0.05) is 6.04 Å². The molecule has 0 aromatic rings. The summed E-state index contributed by atoms with van der Waals surface area (Å²) in [5, 5.41) is 0. The van der Waals surface area contributed by atoms with Crippen molar-refractivity contribution in [2.24, 2.45) is 0 Å². The Morgan fingerprint density at radius 1 is 1.73 bits per heavy atom. The van der Waals surface area contributed by atoms with Gasteiger partial charge in [-0.1, -0.05) is 32.3 Å². The van der Waals surface area contributed by atoms with Crippen molar-refractivity contribution < 1.29 is 0 Å². The minimum atomic E-state index is 0.597. The minimum absolute atomic E-state index is 0.597. The predicted octanol–water partition coefficient (Wildman–Crippen LogP) is 1.74. The highest BCUT2D eigenvalue weighted by molar-refractivity contribution is 6.35. The zero-order chi connectivity index (χ0) is 8.43. The zero-order valence-electron chi connectivity index (χ0n) is 7.96. The summed E-state index contributed by atoms with van der Waals surface area (Å²) >= 11 is 0. The summed E-state index contributed by atoms with van der Waals surface area (Å²) in [7, 11) is 4.42. The van der Waals surface area contributed by atoms with Crippen molar-refractivity contribution in [1.29, 1.82) is 0 Å². The fraction of sp³-hybridized carbons (Fsp3) is 0.778. The maximum Gasteiger partial charge on any atom is 0.129 e. The lowest BCUT2D eigenvalue weighted by molar-refractivity contribution is 0.320. The van der Waals surface area contributed by atoms with Gasteiger partial charge in [0.2, 0.25) is 0 Å². The van der Waals surface area contributed by atoms with Gasteiger partial charge >= 0.3 is 0 Å². The molecule has 1 rings (SSSR count). The molecular formula is C9H17BN. The Morgan fingerprint density at radius 2 is 2.36 bits per heavy atom. The highest BCUT2D eigenvalue weighted by atomic mass is 15.2. The molecule has 0 saturated heterocycles. The van der Waals surface area contributed by atoms with Crippen LogP contribution in [-0.2, 0) is 0 Å². The molecule has 1 aliphatic rings. The van der Waals surface area contributed by atoms with Crippen LogP contribution in [0.3, 0.4) is 0 Å². The number of likely N-dealkylation sites (N-methyl/N-ethyl adjacent to an activating group) is 1. The molecule has 0 aromatic carbocycles. The lowest BCUT2D eigenvalue weighted by Crippen LogP contribution is -2.35. The lowest BCUT2D eigenvalue weighted by Gasteiger charge is -2.23. The van der Waals surface area contributed by atoms with Crippen LogP contribution in [0.5, 0.6) is 0 Å². The highest BCUT2D eigenvalue weighted by Gasteiger charge is 2.28. The van der Waals surface area contributed by atoms with Crippen molar-refractivity contribution >= 4 is 7.28 Å². The number of hydrogen-bond acceptors (Lipinski definition) is 1. The van der Waals surface area contributed by atoms with E-state index >= 15 is 0 Å². The first-order valence-electron chi connectivity index (χ1n) is 4.42. The van der Waals surface area contributed by atoms with Gasteiger partial charge in [0.1, 0.15) is 7.28 Å². The Kier molecular flexibility index (Phi) is 2.77. The molecule has 0 aliphatic heterocycles. The smallest absolute Gasteiger partial charge is 0.129 e. The molecule has 0 saturated carbocycles. The Hall–Kier alpha value is -0.235.